The Morgan fingerprint density at radius 3 is 2.81 bits per heavy atom. The molecule has 27 heavy (non-hydrogen) atoms. The van der Waals surface area contributed by atoms with Crippen molar-refractivity contribution in [2.75, 3.05) is 11.9 Å². The Morgan fingerprint density at radius 2 is 2.07 bits per heavy atom. The zero-order valence-electron chi connectivity index (χ0n) is 16.4. The van der Waals surface area contributed by atoms with E-state index in [0.717, 1.165) is 47.6 Å². The summed E-state index contributed by atoms with van der Waals surface area (Å²) in [4.78, 5) is 26.1. The maximum Gasteiger partial charge on any atom is 0.225 e. The summed E-state index contributed by atoms with van der Waals surface area (Å²) in [7, 11) is 0. The molecule has 0 saturated heterocycles. The number of hydrogen-bond acceptors (Lipinski definition) is 3. The molecule has 2 heterocycles. The van der Waals surface area contributed by atoms with Gasteiger partial charge in [0.25, 0.3) is 0 Å². The third-order valence-corrected chi connectivity index (χ3v) is 4.86. The molecule has 2 aromatic rings. The molecule has 1 aliphatic heterocycles. The molecular weight excluding hydrogens is 340 g/mol. The van der Waals surface area contributed by atoms with Crippen molar-refractivity contribution in [2.45, 2.75) is 53.0 Å². The first-order valence-electron chi connectivity index (χ1n) is 9.78. The number of carbonyl (C=O) groups is 2. The van der Waals surface area contributed by atoms with Crippen LogP contribution in [0.25, 0.3) is 11.3 Å². The summed E-state index contributed by atoms with van der Waals surface area (Å²) in [6.07, 6.45) is 3.17. The van der Waals surface area contributed by atoms with Gasteiger partial charge in [-0.15, -0.1) is 0 Å². The Kier molecular flexibility index (Phi) is 5.99. The van der Waals surface area contributed by atoms with Gasteiger partial charge in [0.15, 0.2) is 0 Å². The van der Waals surface area contributed by atoms with Gasteiger partial charge >= 0.3 is 0 Å². The van der Waals surface area contributed by atoms with E-state index in [9.17, 15) is 9.59 Å². The van der Waals surface area contributed by atoms with Crippen LogP contribution in [-0.4, -0.2) is 23.3 Å². The molecule has 1 N–H and O–H groups in total. The van der Waals surface area contributed by atoms with Crippen LogP contribution in [0.2, 0.25) is 0 Å². The largest absolute Gasteiger partial charge is 0.461 e. The lowest BCUT2D eigenvalue weighted by Crippen LogP contribution is -2.37. The van der Waals surface area contributed by atoms with Crippen LogP contribution < -0.4 is 5.32 Å². The van der Waals surface area contributed by atoms with E-state index in [0.29, 0.717) is 19.5 Å². The van der Waals surface area contributed by atoms with Crippen LogP contribution in [0.4, 0.5) is 5.69 Å². The van der Waals surface area contributed by atoms with E-state index in [2.05, 4.69) is 12.2 Å². The minimum atomic E-state index is 0.00548. The Bertz CT molecular complexity index is 823. The highest BCUT2D eigenvalue weighted by Gasteiger charge is 2.25. The molecule has 0 atom stereocenters. The predicted molar refractivity (Wildman–Crippen MR) is 106 cm³/mol. The first-order chi connectivity index (χ1) is 13.0. The number of carbonyl (C=O) groups excluding carboxylic acids is 2. The maximum absolute atomic E-state index is 12.3. The van der Waals surface area contributed by atoms with Gasteiger partial charge in [-0.05, 0) is 24.6 Å². The van der Waals surface area contributed by atoms with E-state index < -0.39 is 0 Å². The summed E-state index contributed by atoms with van der Waals surface area (Å²) in [5.74, 6) is 1.96. The minimum Gasteiger partial charge on any atom is -0.461 e. The highest BCUT2D eigenvalue weighted by molar-refractivity contribution is 5.91. The highest BCUT2D eigenvalue weighted by atomic mass is 16.3. The second-order valence-electron chi connectivity index (χ2n) is 7.46. The summed E-state index contributed by atoms with van der Waals surface area (Å²) in [6.45, 7) is 7.23. The summed E-state index contributed by atoms with van der Waals surface area (Å²) < 4.78 is 6.05. The topological polar surface area (TPSA) is 62.6 Å². The van der Waals surface area contributed by atoms with Crippen molar-refractivity contribution in [3.63, 3.8) is 0 Å². The van der Waals surface area contributed by atoms with Crippen molar-refractivity contribution < 1.29 is 14.0 Å². The molecule has 3 rings (SSSR count). The lowest BCUT2D eigenvalue weighted by atomic mass is 10.1. The van der Waals surface area contributed by atoms with Crippen LogP contribution >= 0.6 is 0 Å². The van der Waals surface area contributed by atoms with Gasteiger partial charge in [0.05, 0.1) is 0 Å². The fourth-order valence-corrected chi connectivity index (χ4v) is 3.34. The van der Waals surface area contributed by atoms with Crippen LogP contribution in [0, 0.1) is 5.92 Å². The van der Waals surface area contributed by atoms with E-state index >= 15 is 0 Å². The van der Waals surface area contributed by atoms with Crippen molar-refractivity contribution in [2.24, 2.45) is 5.92 Å². The van der Waals surface area contributed by atoms with E-state index in [4.69, 9.17) is 4.42 Å². The van der Waals surface area contributed by atoms with Gasteiger partial charge in [-0.3, -0.25) is 9.59 Å². The predicted octanol–water partition coefficient (Wildman–Crippen LogP) is 4.62. The second-order valence-corrected chi connectivity index (χ2v) is 7.46. The number of fused-ring (bicyclic) bond motifs is 1. The SMILES string of the molecule is CCCCC(=O)Nc1cccc(-c2cc3c(o2)CCN(C(=O)C(C)C)C3)c1. The molecule has 0 spiro atoms. The first-order valence-corrected chi connectivity index (χ1v) is 9.78. The number of amides is 2. The Balaban J connectivity index is 1.74. The van der Waals surface area contributed by atoms with Crippen LogP contribution in [0.15, 0.2) is 34.7 Å². The first kappa shape index (κ1) is 19.2. The molecule has 0 fully saturated rings. The molecule has 1 aromatic carbocycles. The fourth-order valence-electron chi connectivity index (χ4n) is 3.34. The molecule has 5 nitrogen and oxygen atoms in total. The number of benzene rings is 1. The van der Waals surface area contributed by atoms with Gasteiger partial charge in [-0.25, -0.2) is 0 Å². The van der Waals surface area contributed by atoms with Crippen molar-refractivity contribution in [3.05, 3.63) is 41.7 Å². The van der Waals surface area contributed by atoms with Gasteiger partial charge in [-0.1, -0.05) is 39.3 Å². The fraction of sp³-hybridized carbons (Fsp3) is 0.455. The van der Waals surface area contributed by atoms with Gasteiger partial charge in [0.2, 0.25) is 11.8 Å². The number of furan rings is 1. The molecule has 144 valence electrons. The van der Waals surface area contributed by atoms with E-state index in [1.807, 2.05) is 49.1 Å². The third kappa shape index (κ3) is 4.59. The zero-order chi connectivity index (χ0) is 19.4. The van der Waals surface area contributed by atoms with Crippen LogP contribution in [0.1, 0.15) is 51.4 Å². The van der Waals surface area contributed by atoms with Gasteiger partial charge in [0.1, 0.15) is 11.5 Å². The average molecular weight is 368 g/mol. The van der Waals surface area contributed by atoms with Gasteiger partial charge in [0, 0.05) is 48.7 Å². The Hall–Kier alpha value is -2.56. The maximum atomic E-state index is 12.3. The quantitative estimate of drug-likeness (QED) is 0.809. The molecule has 2 amide bonds. The number of anilines is 1. The van der Waals surface area contributed by atoms with Crippen molar-refractivity contribution >= 4 is 17.5 Å². The molecule has 0 aliphatic carbocycles. The van der Waals surface area contributed by atoms with E-state index in [-0.39, 0.29) is 17.7 Å². The second kappa shape index (κ2) is 8.42. The molecule has 0 radical (unpaired) electrons. The van der Waals surface area contributed by atoms with Gasteiger partial charge < -0.3 is 14.6 Å². The number of unbranched alkanes of at least 4 members (excludes halogenated alkanes) is 1. The van der Waals surface area contributed by atoms with Crippen molar-refractivity contribution in [1.29, 1.82) is 0 Å². The minimum absolute atomic E-state index is 0.00548. The van der Waals surface area contributed by atoms with E-state index in [1.54, 1.807) is 0 Å². The normalized spacial score (nSPS) is 13.6. The standard InChI is InChI=1S/C22H28N2O3/c1-4-5-9-21(25)23-18-8-6-7-16(12-18)20-13-17-14-24(22(26)15(2)3)11-10-19(17)27-20/h6-8,12-13,15H,4-5,9-11,14H2,1-3H3,(H,23,25). The van der Waals surface area contributed by atoms with Crippen LogP contribution in [0.5, 0.6) is 0 Å². The molecule has 1 aromatic heterocycles. The third-order valence-electron chi connectivity index (χ3n) is 4.86. The Morgan fingerprint density at radius 1 is 1.26 bits per heavy atom. The summed E-state index contributed by atoms with van der Waals surface area (Å²) >= 11 is 0. The summed E-state index contributed by atoms with van der Waals surface area (Å²) in [5.41, 5.74) is 2.78. The van der Waals surface area contributed by atoms with Crippen molar-refractivity contribution in [1.82, 2.24) is 4.90 Å². The van der Waals surface area contributed by atoms with E-state index in [1.165, 1.54) is 0 Å². The Labute approximate surface area is 160 Å². The lowest BCUT2D eigenvalue weighted by Gasteiger charge is -2.27. The lowest BCUT2D eigenvalue weighted by molar-refractivity contribution is -0.135. The number of nitrogens with one attached hydrogen (secondary N) is 1. The van der Waals surface area contributed by atoms with Crippen molar-refractivity contribution in [3.8, 4) is 11.3 Å². The highest BCUT2D eigenvalue weighted by Crippen LogP contribution is 2.31. The molecule has 1 aliphatic rings. The molecule has 0 saturated carbocycles. The molecule has 0 unspecified atom stereocenters. The number of rotatable bonds is 6. The molecule has 5 heteroatoms. The number of hydrogen-bond donors (Lipinski definition) is 1. The average Bonchev–Trinajstić information content (AvgIpc) is 3.09. The van der Waals surface area contributed by atoms with Crippen LogP contribution in [-0.2, 0) is 22.6 Å². The monoisotopic (exact) mass is 368 g/mol. The van der Waals surface area contributed by atoms with Gasteiger partial charge in [-0.2, -0.15) is 0 Å². The smallest absolute Gasteiger partial charge is 0.225 e. The molecule has 0 bridgehead atoms. The summed E-state index contributed by atoms with van der Waals surface area (Å²) in [6, 6.07) is 9.74. The zero-order valence-corrected chi connectivity index (χ0v) is 16.4. The van der Waals surface area contributed by atoms with Crippen LogP contribution in [0.3, 0.4) is 0 Å². The number of nitrogens with zero attached hydrogens (tertiary/aromatic N) is 1. The molecular formula is C22H28N2O3. The summed E-state index contributed by atoms with van der Waals surface area (Å²) in [5, 5.41) is 2.95.